The average molecular weight is 261 g/mol. The summed E-state index contributed by atoms with van der Waals surface area (Å²) in [6.45, 7) is 3.72. The third-order valence-electron chi connectivity index (χ3n) is 3.44. The van der Waals surface area contributed by atoms with Crippen molar-refractivity contribution < 1.29 is 4.74 Å². The van der Waals surface area contributed by atoms with Gasteiger partial charge in [0, 0.05) is 43.3 Å². The number of hydrogen-bond donors (Lipinski definition) is 2. The lowest BCUT2D eigenvalue weighted by Crippen LogP contribution is -2.32. The van der Waals surface area contributed by atoms with Crippen LogP contribution in [0.25, 0.3) is 10.9 Å². The van der Waals surface area contributed by atoms with E-state index in [0.717, 1.165) is 18.7 Å². The van der Waals surface area contributed by atoms with E-state index in [-0.39, 0.29) is 0 Å². The standard InChI is InChI=1S/C15H23N3O/c1-11(17-7-6-16)8-12-10-18(2)15-5-4-13(19-3)9-14(12)15/h4-5,9-11,17H,6-8,16H2,1-3H3. The normalized spacial score (nSPS) is 12.8. The van der Waals surface area contributed by atoms with Gasteiger partial charge in [-0.25, -0.2) is 0 Å². The van der Waals surface area contributed by atoms with Crippen molar-refractivity contribution in [1.29, 1.82) is 0 Å². The summed E-state index contributed by atoms with van der Waals surface area (Å²) in [6, 6.07) is 6.64. The van der Waals surface area contributed by atoms with Crippen LogP contribution in [0.15, 0.2) is 24.4 Å². The van der Waals surface area contributed by atoms with E-state index in [1.54, 1.807) is 7.11 Å². The molecule has 0 radical (unpaired) electrons. The zero-order valence-corrected chi connectivity index (χ0v) is 11.9. The summed E-state index contributed by atoms with van der Waals surface area (Å²) < 4.78 is 7.48. The van der Waals surface area contributed by atoms with Crippen molar-refractivity contribution in [2.24, 2.45) is 12.8 Å². The van der Waals surface area contributed by atoms with Crippen molar-refractivity contribution in [2.75, 3.05) is 20.2 Å². The number of nitrogens with zero attached hydrogens (tertiary/aromatic N) is 1. The van der Waals surface area contributed by atoms with Crippen LogP contribution in [0.1, 0.15) is 12.5 Å². The van der Waals surface area contributed by atoms with Crippen molar-refractivity contribution in [3.8, 4) is 5.75 Å². The van der Waals surface area contributed by atoms with Gasteiger partial charge in [0.05, 0.1) is 7.11 Å². The molecule has 2 rings (SSSR count). The fourth-order valence-corrected chi connectivity index (χ4v) is 2.47. The Morgan fingerprint density at radius 1 is 1.42 bits per heavy atom. The van der Waals surface area contributed by atoms with Gasteiger partial charge < -0.3 is 20.4 Å². The second-order valence-electron chi connectivity index (χ2n) is 5.00. The Labute approximate surface area is 114 Å². The molecular formula is C15H23N3O. The Morgan fingerprint density at radius 2 is 2.21 bits per heavy atom. The zero-order chi connectivity index (χ0) is 13.8. The van der Waals surface area contributed by atoms with Gasteiger partial charge in [0.2, 0.25) is 0 Å². The quantitative estimate of drug-likeness (QED) is 0.831. The molecule has 0 fully saturated rings. The number of fused-ring (bicyclic) bond motifs is 1. The number of methoxy groups -OCH3 is 1. The third-order valence-corrected chi connectivity index (χ3v) is 3.44. The van der Waals surface area contributed by atoms with E-state index in [1.165, 1.54) is 16.5 Å². The number of hydrogen-bond acceptors (Lipinski definition) is 3. The molecule has 0 saturated carbocycles. The molecule has 0 aliphatic heterocycles. The van der Waals surface area contributed by atoms with Gasteiger partial charge in [-0.2, -0.15) is 0 Å². The molecule has 0 aliphatic carbocycles. The summed E-state index contributed by atoms with van der Waals surface area (Å²) in [4.78, 5) is 0. The van der Waals surface area contributed by atoms with Gasteiger partial charge >= 0.3 is 0 Å². The fraction of sp³-hybridized carbons (Fsp3) is 0.467. The molecule has 0 spiro atoms. The Morgan fingerprint density at radius 3 is 2.89 bits per heavy atom. The van der Waals surface area contributed by atoms with E-state index in [2.05, 4.69) is 42.2 Å². The number of rotatable bonds is 6. The minimum absolute atomic E-state index is 0.417. The summed E-state index contributed by atoms with van der Waals surface area (Å²) in [6.07, 6.45) is 3.19. The monoisotopic (exact) mass is 261 g/mol. The van der Waals surface area contributed by atoms with Crippen LogP contribution >= 0.6 is 0 Å². The van der Waals surface area contributed by atoms with Gasteiger partial charge in [0.1, 0.15) is 5.75 Å². The van der Waals surface area contributed by atoms with E-state index in [0.29, 0.717) is 12.6 Å². The molecule has 0 amide bonds. The molecule has 1 atom stereocenters. The second kappa shape index (κ2) is 6.08. The predicted octanol–water partition coefficient (Wildman–Crippen LogP) is 1.67. The van der Waals surface area contributed by atoms with Crippen LogP contribution in [0, 0.1) is 0 Å². The van der Waals surface area contributed by atoms with Gasteiger partial charge in [-0.05, 0) is 37.1 Å². The molecule has 1 aromatic heterocycles. The maximum atomic E-state index is 5.52. The molecule has 1 heterocycles. The van der Waals surface area contributed by atoms with E-state index in [9.17, 15) is 0 Å². The number of ether oxygens (including phenoxy) is 1. The maximum Gasteiger partial charge on any atom is 0.119 e. The lowest BCUT2D eigenvalue weighted by molar-refractivity contribution is 0.415. The first-order valence-corrected chi connectivity index (χ1v) is 6.71. The summed E-state index contributed by atoms with van der Waals surface area (Å²) in [5.74, 6) is 0.905. The smallest absolute Gasteiger partial charge is 0.119 e. The summed E-state index contributed by atoms with van der Waals surface area (Å²) >= 11 is 0. The molecular weight excluding hydrogens is 238 g/mol. The SMILES string of the molecule is COc1ccc2c(c1)c(CC(C)NCCN)cn2C. The fourth-order valence-electron chi connectivity index (χ4n) is 2.47. The Hall–Kier alpha value is -1.52. The minimum atomic E-state index is 0.417. The van der Waals surface area contributed by atoms with Crippen molar-refractivity contribution in [3.63, 3.8) is 0 Å². The highest BCUT2D eigenvalue weighted by molar-refractivity contribution is 5.85. The second-order valence-corrected chi connectivity index (χ2v) is 5.00. The van der Waals surface area contributed by atoms with Crippen molar-refractivity contribution in [1.82, 2.24) is 9.88 Å². The topological polar surface area (TPSA) is 52.2 Å². The van der Waals surface area contributed by atoms with Gasteiger partial charge in [0.15, 0.2) is 0 Å². The Balaban J connectivity index is 2.26. The molecule has 1 aromatic carbocycles. The van der Waals surface area contributed by atoms with Gasteiger partial charge in [0.25, 0.3) is 0 Å². The van der Waals surface area contributed by atoms with Crippen LogP contribution in [0.2, 0.25) is 0 Å². The van der Waals surface area contributed by atoms with Crippen molar-refractivity contribution in [3.05, 3.63) is 30.0 Å². The number of benzene rings is 1. The molecule has 104 valence electrons. The predicted molar refractivity (Wildman–Crippen MR) is 79.7 cm³/mol. The Bertz CT molecular complexity index is 548. The molecule has 0 saturated heterocycles. The van der Waals surface area contributed by atoms with E-state index in [4.69, 9.17) is 10.5 Å². The van der Waals surface area contributed by atoms with E-state index < -0.39 is 0 Å². The van der Waals surface area contributed by atoms with Gasteiger partial charge in [-0.3, -0.25) is 0 Å². The molecule has 0 aliphatic rings. The number of nitrogens with one attached hydrogen (secondary N) is 1. The lowest BCUT2D eigenvalue weighted by atomic mass is 10.1. The van der Waals surface area contributed by atoms with Crippen LogP contribution < -0.4 is 15.8 Å². The number of nitrogens with two attached hydrogens (primary N) is 1. The number of aryl methyl sites for hydroxylation is 1. The van der Waals surface area contributed by atoms with Crippen LogP contribution in [0.4, 0.5) is 0 Å². The molecule has 1 unspecified atom stereocenters. The van der Waals surface area contributed by atoms with Crippen LogP contribution in [-0.2, 0) is 13.5 Å². The van der Waals surface area contributed by atoms with Gasteiger partial charge in [-0.15, -0.1) is 0 Å². The molecule has 0 bridgehead atoms. The third kappa shape index (κ3) is 3.08. The van der Waals surface area contributed by atoms with E-state index >= 15 is 0 Å². The number of aromatic nitrogens is 1. The molecule has 19 heavy (non-hydrogen) atoms. The average Bonchev–Trinajstić information content (AvgIpc) is 2.72. The first kappa shape index (κ1) is 13.9. The lowest BCUT2D eigenvalue weighted by Gasteiger charge is -2.12. The summed E-state index contributed by atoms with van der Waals surface area (Å²) in [5.41, 5.74) is 8.10. The highest BCUT2D eigenvalue weighted by atomic mass is 16.5. The van der Waals surface area contributed by atoms with Crippen LogP contribution in [0.3, 0.4) is 0 Å². The largest absolute Gasteiger partial charge is 0.497 e. The Kier molecular flexibility index (Phi) is 4.45. The molecule has 4 heteroatoms. The summed E-state index contributed by atoms with van der Waals surface area (Å²) in [5, 5.41) is 4.68. The first-order valence-electron chi connectivity index (χ1n) is 6.71. The van der Waals surface area contributed by atoms with E-state index in [1.807, 2.05) is 6.07 Å². The molecule has 3 N–H and O–H groups in total. The maximum absolute atomic E-state index is 5.52. The highest BCUT2D eigenvalue weighted by Gasteiger charge is 2.10. The van der Waals surface area contributed by atoms with Crippen LogP contribution in [0.5, 0.6) is 5.75 Å². The molecule has 4 nitrogen and oxygen atoms in total. The van der Waals surface area contributed by atoms with Crippen LogP contribution in [-0.4, -0.2) is 30.8 Å². The van der Waals surface area contributed by atoms with Crippen molar-refractivity contribution in [2.45, 2.75) is 19.4 Å². The van der Waals surface area contributed by atoms with Crippen molar-refractivity contribution >= 4 is 10.9 Å². The summed E-state index contributed by atoms with van der Waals surface area (Å²) in [7, 11) is 3.78. The zero-order valence-electron chi connectivity index (χ0n) is 11.9. The highest BCUT2D eigenvalue weighted by Crippen LogP contribution is 2.26. The molecule has 2 aromatic rings. The minimum Gasteiger partial charge on any atom is -0.497 e. The van der Waals surface area contributed by atoms with Gasteiger partial charge in [-0.1, -0.05) is 0 Å². The first-order chi connectivity index (χ1) is 9.15.